The van der Waals surface area contributed by atoms with Gasteiger partial charge in [0.1, 0.15) is 28.1 Å². The van der Waals surface area contributed by atoms with Crippen LogP contribution in [0.3, 0.4) is 0 Å². The van der Waals surface area contributed by atoms with E-state index in [-0.39, 0.29) is 29.7 Å². The Bertz CT molecular complexity index is 2060. The summed E-state index contributed by atoms with van der Waals surface area (Å²) in [6, 6.07) is 13.9. The number of non-ortho nitro benzene ring substituents is 1. The third-order valence-corrected chi connectivity index (χ3v) is 7.52. The third-order valence-electron chi connectivity index (χ3n) is 7.20. The molecule has 15 heteroatoms. The lowest BCUT2D eigenvalue weighted by atomic mass is 10.1. The number of anilines is 1. The fourth-order valence-corrected chi connectivity index (χ4v) is 5.05. The minimum Gasteiger partial charge on any atom is -0.469 e. The first-order valence-corrected chi connectivity index (χ1v) is 14.6. The number of nitro groups is 1. The number of aromatic nitrogens is 6. The van der Waals surface area contributed by atoms with E-state index >= 15 is 0 Å². The molecule has 0 aliphatic carbocycles. The summed E-state index contributed by atoms with van der Waals surface area (Å²) in [5.74, 6) is 0.723. The van der Waals surface area contributed by atoms with Gasteiger partial charge in [-0.3, -0.25) is 28.5 Å². The Hall–Kier alpha value is -5.89. The molecule has 0 radical (unpaired) electrons. The Labute approximate surface area is 272 Å². The van der Waals surface area contributed by atoms with Crippen LogP contribution < -0.4 is 5.73 Å². The van der Waals surface area contributed by atoms with Crippen molar-refractivity contribution >= 4 is 46.2 Å². The average Bonchev–Trinajstić information content (AvgIpc) is 3.77. The number of fused-ring (bicyclic) bond motifs is 2. The molecule has 14 nitrogen and oxygen atoms in total. The molecule has 6 rings (SSSR count). The topological polar surface area (TPSA) is 182 Å². The number of hydrogen-bond donors (Lipinski definition) is 1. The molecule has 2 N–H and O–H groups in total. The molecule has 0 spiro atoms. The molecule has 0 amide bonds. The molecular weight excluding hydrogens is 628 g/mol. The second-order valence-electron chi connectivity index (χ2n) is 10.3. The quantitative estimate of drug-likeness (QED) is 0.0773. The zero-order valence-electron chi connectivity index (χ0n) is 25.4. The number of esters is 2. The number of methoxy groups -OCH3 is 2. The number of nitro benzene ring substituents is 1. The fourth-order valence-electron chi connectivity index (χ4n) is 4.80. The molecule has 0 aliphatic heterocycles. The normalized spacial score (nSPS) is 10.8. The fraction of sp³-hybridized carbons (Fsp3) is 0.188. The summed E-state index contributed by atoms with van der Waals surface area (Å²) in [5, 5.41) is 10.9. The van der Waals surface area contributed by atoms with Gasteiger partial charge in [0, 0.05) is 72.8 Å². The van der Waals surface area contributed by atoms with Gasteiger partial charge in [0.25, 0.3) is 5.69 Å². The van der Waals surface area contributed by atoms with Crippen molar-refractivity contribution in [3.63, 3.8) is 0 Å². The highest BCUT2D eigenvalue weighted by Gasteiger charge is 2.18. The minimum atomic E-state index is -0.450. The zero-order valence-corrected chi connectivity index (χ0v) is 26.1. The minimum absolute atomic E-state index is 0.0240. The van der Waals surface area contributed by atoms with Crippen LogP contribution in [0.15, 0.2) is 79.5 Å². The monoisotopic (exact) mass is 656 g/mol. The number of nitrogens with two attached hydrogens (primary N) is 1. The van der Waals surface area contributed by atoms with Crippen molar-refractivity contribution in [1.82, 2.24) is 28.7 Å². The van der Waals surface area contributed by atoms with Crippen LogP contribution in [-0.2, 0) is 44.7 Å². The standard InChI is InChI=1S/C16H13ClN4O4.C16H16N4O2/c1-25-14(22)9-12-15(17)19-13(20-7-6-18-16(12)20)8-10-2-4-11(5-3-10)21(23)24;1-22-15(21)9-12-10-19-14(20-7-6-18-16(12)20)8-11-2-4-13(17)5-3-11/h2-7H,8-9H2,1H3;2-7,10H,8-9,17H2,1H3. The molecule has 0 saturated carbocycles. The highest BCUT2D eigenvalue weighted by Crippen LogP contribution is 2.23. The predicted octanol–water partition coefficient (Wildman–Crippen LogP) is 4.22. The lowest BCUT2D eigenvalue weighted by molar-refractivity contribution is -0.384. The van der Waals surface area contributed by atoms with Gasteiger partial charge >= 0.3 is 11.9 Å². The summed E-state index contributed by atoms with van der Waals surface area (Å²) >= 11 is 6.24. The number of rotatable bonds is 9. The first kappa shape index (κ1) is 32.5. The number of halogens is 1. The van der Waals surface area contributed by atoms with E-state index in [0.717, 1.165) is 33.8 Å². The second-order valence-corrected chi connectivity index (χ2v) is 10.6. The Morgan fingerprint density at radius 2 is 1.38 bits per heavy atom. The van der Waals surface area contributed by atoms with Gasteiger partial charge in [-0.25, -0.2) is 19.9 Å². The van der Waals surface area contributed by atoms with E-state index in [1.807, 2.05) is 34.9 Å². The van der Waals surface area contributed by atoms with Crippen LogP contribution >= 0.6 is 11.6 Å². The summed E-state index contributed by atoms with van der Waals surface area (Å²) in [6.07, 6.45) is 9.74. The summed E-state index contributed by atoms with van der Waals surface area (Å²) < 4.78 is 13.0. The van der Waals surface area contributed by atoms with Crippen molar-refractivity contribution in [2.24, 2.45) is 0 Å². The number of hydrogen-bond acceptors (Lipinski definition) is 11. The third kappa shape index (κ3) is 7.68. The Kier molecular flexibility index (Phi) is 10.0. The predicted molar refractivity (Wildman–Crippen MR) is 172 cm³/mol. The molecule has 6 aromatic rings. The second kappa shape index (κ2) is 14.5. The van der Waals surface area contributed by atoms with Crippen LogP contribution in [0.4, 0.5) is 11.4 Å². The number of imidazole rings is 2. The van der Waals surface area contributed by atoms with E-state index in [4.69, 9.17) is 22.1 Å². The van der Waals surface area contributed by atoms with Crippen molar-refractivity contribution in [3.8, 4) is 0 Å². The summed E-state index contributed by atoms with van der Waals surface area (Å²) in [6.45, 7) is 0. The molecule has 0 aliphatic rings. The molecule has 0 atom stereocenters. The molecule has 4 aromatic heterocycles. The van der Waals surface area contributed by atoms with Gasteiger partial charge < -0.3 is 15.2 Å². The van der Waals surface area contributed by atoms with Crippen LogP contribution in [0.5, 0.6) is 0 Å². The van der Waals surface area contributed by atoms with E-state index in [2.05, 4.69) is 24.7 Å². The summed E-state index contributed by atoms with van der Waals surface area (Å²) in [5.41, 5.74) is 10.9. The average molecular weight is 657 g/mol. The van der Waals surface area contributed by atoms with E-state index in [9.17, 15) is 19.7 Å². The SMILES string of the molecule is COC(=O)Cc1c(Cl)nc(Cc2ccc([N+](=O)[O-])cc2)n2ccnc12.COC(=O)Cc1cnc(Cc2ccc(N)cc2)n2ccnc12. The highest BCUT2D eigenvalue weighted by atomic mass is 35.5. The van der Waals surface area contributed by atoms with Gasteiger partial charge in [-0.2, -0.15) is 0 Å². The molecule has 2 aromatic carbocycles. The van der Waals surface area contributed by atoms with Crippen molar-refractivity contribution < 1.29 is 24.0 Å². The summed E-state index contributed by atoms with van der Waals surface area (Å²) in [4.78, 5) is 50.7. The number of nitrogens with zero attached hydrogens (tertiary/aromatic N) is 7. The zero-order chi connectivity index (χ0) is 33.5. The number of carbonyl (C=O) groups is 2. The maximum atomic E-state index is 11.6. The number of benzene rings is 2. The van der Waals surface area contributed by atoms with Gasteiger partial charge in [-0.05, 0) is 23.3 Å². The number of carbonyl (C=O) groups excluding carboxylic acids is 2. The number of ether oxygens (including phenoxy) is 2. The van der Waals surface area contributed by atoms with Gasteiger partial charge in [0.2, 0.25) is 0 Å². The maximum Gasteiger partial charge on any atom is 0.310 e. The lowest BCUT2D eigenvalue weighted by Gasteiger charge is -2.10. The van der Waals surface area contributed by atoms with Crippen molar-refractivity contribution in [3.05, 3.63) is 129 Å². The molecule has 0 unspecified atom stereocenters. The molecule has 4 heterocycles. The Balaban J connectivity index is 0.000000186. The Morgan fingerprint density at radius 3 is 2.00 bits per heavy atom. The van der Waals surface area contributed by atoms with Gasteiger partial charge in [-0.15, -0.1) is 0 Å². The van der Waals surface area contributed by atoms with Crippen molar-refractivity contribution in [2.75, 3.05) is 20.0 Å². The molecule has 0 fully saturated rings. The molecule has 47 heavy (non-hydrogen) atoms. The smallest absolute Gasteiger partial charge is 0.310 e. The van der Waals surface area contributed by atoms with Crippen molar-refractivity contribution in [1.29, 1.82) is 0 Å². The Morgan fingerprint density at radius 1 is 0.830 bits per heavy atom. The maximum absolute atomic E-state index is 11.6. The first-order chi connectivity index (χ1) is 22.7. The molecule has 0 bridgehead atoms. The van der Waals surface area contributed by atoms with Crippen LogP contribution in [0.1, 0.15) is 33.9 Å². The molecule has 0 saturated heterocycles. The van der Waals surface area contributed by atoms with E-state index in [1.54, 1.807) is 41.3 Å². The highest BCUT2D eigenvalue weighted by molar-refractivity contribution is 6.30. The van der Waals surface area contributed by atoms with E-state index < -0.39 is 10.9 Å². The van der Waals surface area contributed by atoms with E-state index in [0.29, 0.717) is 29.9 Å². The van der Waals surface area contributed by atoms with Gasteiger partial charge in [0.15, 0.2) is 0 Å². The summed E-state index contributed by atoms with van der Waals surface area (Å²) in [7, 11) is 2.67. The largest absolute Gasteiger partial charge is 0.469 e. The van der Waals surface area contributed by atoms with Crippen molar-refractivity contribution in [2.45, 2.75) is 25.7 Å². The van der Waals surface area contributed by atoms with Crippen LogP contribution in [0.25, 0.3) is 11.3 Å². The lowest BCUT2D eigenvalue weighted by Crippen LogP contribution is -2.10. The van der Waals surface area contributed by atoms with E-state index in [1.165, 1.54) is 26.4 Å². The first-order valence-electron chi connectivity index (χ1n) is 14.2. The molecular formula is C32H29ClN8O6. The van der Waals surface area contributed by atoms with Gasteiger partial charge in [0.05, 0.1) is 32.0 Å². The van der Waals surface area contributed by atoms with Gasteiger partial charge in [-0.1, -0.05) is 35.9 Å². The van der Waals surface area contributed by atoms with Crippen LogP contribution in [0, 0.1) is 10.1 Å². The number of nitrogen functional groups attached to an aromatic ring is 1. The van der Waals surface area contributed by atoms with Crippen LogP contribution in [-0.4, -0.2) is 59.8 Å². The molecule has 240 valence electrons. The van der Waals surface area contributed by atoms with Crippen LogP contribution in [0.2, 0.25) is 5.15 Å².